The van der Waals surface area contributed by atoms with Crippen LogP contribution in [0.1, 0.15) is 19.6 Å². The molecule has 0 saturated heterocycles. The van der Waals surface area contributed by atoms with Crippen molar-refractivity contribution in [1.29, 1.82) is 0 Å². The summed E-state index contributed by atoms with van der Waals surface area (Å²) in [7, 11) is 0. The summed E-state index contributed by atoms with van der Waals surface area (Å²) >= 11 is 6.02. The zero-order valence-electron chi connectivity index (χ0n) is 16.2. The Labute approximate surface area is 186 Å². The minimum atomic E-state index is -0.992. The maximum atomic E-state index is 10.9. The second kappa shape index (κ2) is 9.90. The van der Waals surface area contributed by atoms with Crippen LogP contribution in [-0.2, 0) is 11.2 Å². The smallest absolute Gasteiger partial charge is 1.00 e. The molecule has 0 fully saturated rings. The monoisotopic (exact) mass is 391 g/mol. The molecule has 0 amide bonds. The third-order valence-corrected chi connectivity index (χ3v) is 4.10. The van der Waals surface area contributed by atoms with E-state index in [0.29, 0.717) is 17.2 Å². The van der Waals surface area contributed by atoms with Crippen molar-refractivity contribution >= 4 is 34.5 Å². The van der Waals surface area contributed by atoms with Gasteiger partial charge in [0, 0.05) is 22.5 Å². The Balaban J connectivity index is 0.00000196. The number of benzene rings is 2. The summed E-state index contributed by atoms with van der Waals surface area (Å²) in [6.45, 7) is 1.50. The molecule has 6 heteroatoms. The van der Waals surface area contributed by atoms with Gasteiger partial charge in [-0.1, -0.05) is 48.0 Å². The zero-order valence-corrected chi connectivity index (χ0v) is 18.0. The Hall–Kier alpha value is -1.85. The van der Waals surface area contributed by atoms with Gasteiger partial charge in [0.1, 0.15) is 5.75 Å². The molecule has 1 atom stereocenters. The fourth-order valence-corrected chi connectivity index (χ4v) is 2.67. The van der Waals surface area contributed by atoms with E-state index >= 15 is 0 Å². The van der Waals surface area contributed by atoms with Crippen LogP contribution in [0.2, 0.25) is 5.02 Å². The van der Waals surface area contributed by atoms with E-state index in [2.05, 4.69) is 4.98 Å². The van der Waals surface area contributed by atoms with Crippen LogP contribution in [0.3, 0.4) is 0 Å². The number of fused-ring (bicyclic) bond motifs is 1. The first-order chi connectivity index (χ1) is 12.5. The van der Waals surface area contributed by atoms with Crippen molar-refractivity contribution in [2.75, 3.05) is 0 Å². The molecule has 3 aromatic rings. The topological polar surface area (TPSA) is 59.4 Å². The molecule has 0 bridgehead atoms. The van der Waals surface area contributed by atoms with Gasteiger partial charge in [0.2, 0.25) is 0 Å². The number of carbonyl (C=O) groups is 1. The van der Waals surface area contributed by atoms with Crippen LogP contribution in [0.15, 0.2) is 60.7 Å². The van der Waals surface area contributed by atoms with E-state index in [1.807, 2.05) is 60.7 Å². The van der Waals surface area contributed by atoms with Crippen LogP contribution in [0, 0.1) is 0 Å². The summed E-state index contributed by atoms with van der Waals surface area (Å²) in [6.07, 6.45) is 3.77. The van der Waals surface area contributed by atoms with Crippen molar-refractivity contribution < 1.29 is 45.6 Å². The van der Waals surface area contributed by atoms with E-state index in [1.54, 1.807) is 6.07 Å². The van der Waals surface area contributed by atoms with Crippen molar-refractivity contribution in [3.05, 3.63) is 77.0 Å². The number of ether oxygens (including phenoxy) is 1. The van der Waals surface area contributed by atoms with E-state index in [-0.39, 0.29) is 31.0 Å². The average molecular weight is 392 g/mol. The number of nitrogens with zero attached hydrogens (tertiary/aromatic N) is 1. The molecular weight excluding hydrogens is 373 g/mol. The Bertz CT molecular complexity index is 981. The fraction of sp³-hybridized carbons (Fsp3) is 0.143. The Kier molecular flexibility index (Phi) is 7.87. The van der Waals surface area contributed by atoms with E-state index in [1.165, 1.54) is 6.92 Å². The molecule has 0 radical (unpaired) electrons. The molecule has 1 N–H and O–H groups in total. The first kappa shape index (κ1) is 21.5. The maximum Gasteiger partial charge on any atom is 1.00 e. The number of carboxylic acids is 1. The van der Waals surface area contributed by atoms with Crippen LogP contribution >= 0.6 is 11.6 Å². The SMILES string of the molecule is CC(Oc1cccc(/C=C/Cc2ccc3ccc(Cl)cc3n2)c1)C(=O)O.[H-].[Na+]. The van der Waals surface area contributed by atoms with Crippen molar-refractivity contribution in [2.24, 2.45) is 0 Å². The molecule has 2 aromatic carbocycles. The van der Waals surface area contributed by atoms with E-state index in [9.17, 15) is 4.79 Å². The maximum absolute atomic E-state index is 10.9. The largest absolute Gasteiger partial charge is 1.00 e. The second-order valence-corrected chi connectivity index (χ2v) is 6.35. The van der Waals surface area contributed by atoms with Crippen LogP contribution in [-0.4, -0.2) is 22.2 Å². The normalized spacial score (nSPS) is 11.9. The molecule has 1 aromatic heterocycles. The average Bonchev–Trinajstić information content (AvgIpc) is 2.61. The minimum absolute atomic E-state index is 0. The number of aliphatic carboxylic acids is 1. The molecule has 1 heterocycles. The minimum Gasteiger partial charge on any atom is -1.00 e. The summed E-state index contributed by atoms with van der Waals surface area (Å²) in [5.74, 6) is -0.464. The molecule has 27 heavy (non-hydrogen) atoms. The number of rotatable bonds is 6. The van der Waals surface area contributed by atoms with Crippen molar-refractivity contribution in [1.82, 2.24) is 4.98 Å². The molecule has 0 aliphatic heterocycles. The molecule has 0 saturated carbocycles. The van der Waals surface area contributed by atoms with Crippen LogP contribution in [0.25, 0.3) is 17.0 Å². The zero-order chi connectivity index (χ0) is 18.5. The molecule has 0 spiro atoms. The number of halogens is 1. The van der Waals surface area contributed by atoms with Crippen molar-refractivity contribution in [2.45, 2.75) is 19.4 Å². The van der Waals surface area contributed by atoms with Gasteiger partial charge in [-0.15, -0.1) is 0 Å². The van der Waals surface area contributed by atoms with Crippen LogP contribution in [0.4, 0.5) is 0 Å². The number of pyridine rings is 1. The summed E-state index contributed by atoms with van der Waals surface area (Å²) < 4.78 is 5.38. The van der Waals surface area contributed by atoms with Gasteiger partial charge in [0.05, 0.1) is 5.52 Å². The van der Waals surface area contributed by atoms with Gasteiger partial charge in [-0.05, 0) is 42.8 Å². The Morgan fingerprint density at radius 3 is 2.81 bits per heavy atom. The summed E-state index contributed by atoms with van der Waals surface area (Å²) in [4.78, 5) is 15.5. The second-order valence-electron chi connectivity index (χ2n) is 5.92. The number of carboxylic acid groups (broad SMARTS) is 1. The third kappa shape index (κ3) is 6.08. The number of aromatic nitrogens is 1. The quantitative estimate of drug-likeness (QED) is 0.654. The molecule has 4 nitrogen and oxygen atoms in total. The molecule has 0 aliphatic carbocycles. The number of hydrogen-bond acceptors (Lipinski definition) is 3. The first-order valence-electron chi connectivity index (χ1n) is 8.22. The van der Waals surface area contributed by atoms with Crippen molar-refractivity contribution in [3.8, 4) is 5.75 Å². The number of allylic oxidation sites excluding steroid dienone is 1. The molecule has 3 rings (SSSR count). The van der Waals surface area contributed by atoms with Gasteiger partial charge in [0.15, 0.2) is 6.10 Å². The molecule has 0 aliphatic rings. The third-order valence-electron chi connectivity index (χ3n) is 3.87. The van der Waals surface area contributed by atoms with Crippen molar-refractivity contribution in [3.63, 3.8) is 0 Å². The Morgan fingerprint density at radius 2 is 2.04 bits per heavy atom. The first-order valence-corrected chi connectivity index (χ1v) is 8.60. The Morgan fingerprint density at radius 1 is 1.26 bits per heavy atom. The van der Waals surface area contributed by atoms with E-state index < -0.39 is 12.1 Å². The van der Waals surface area contributed by atoms with Gasteiger partial charge in [-0.3, -0.25) is 4.98 Å². The summed E-state index contributed by atoms with van der Waals surface area (Å²) in [6, 6.07) is 17.0. The predicted molar refractivity (Wildman–Crippen MR) is 105 cm³/mol. The van der Waals surface area contributed by atoms with Gasteiger partial charge >= 0.3 is 35.5 Å². The predicted octanol–water partition coefficient (Wildman–Crippen LogP) is 2.11. The summed E-state index contributed by atoms with van der Waals surface area (Å²) in [5, 5.41) is 10.6. The standard InChI is InChI=1S/C21H18ClNO3.Na.H/c1-14(21(24)25)26-19-7-3-5-15(12-19)4-2-6-18-11-9-16-8-10-17(22)13-20(16)23-18;;/h2-5,7-14H,6H2,1H3,(H,24,25);;/q;+1;-1/b4-2+;;. The number of hydrogen-bond donors (Lipinski definition) is 1. The molecular formula is C21H19ClNNaO3. The van der Waals surface area contributed by atoms with E-state index in [4.69, 9.17) is 21.4 Å². The molecule has 134 valence electrons. The van der Waals surface area contributed by atoms with Gasteiger partial charge in [-0.2, -0.15) is 0 Å². The van der Waals surface area contributed by atoms with Gasteiger partial charge in [0.25, 0.3) is 0 Å². The fourth-order valence-electron chi connectivity index (χ4n) is 2.51. The van der Waals surface area contributed by atoms with Gasteiger partial charge < -0.3 is 11.3 Å². The summed E-state index contributed by atoms with van der Waals surface area (Å²) in [5.41, 5.74) is 2.76. The van der Waals surface area contributed by atoms with Crippen LogP contribution in [0.5, 0.6) is 5.75 Å². The van der Waals surface area contributed by atoms with E-state index in [0.717, 1.165) is 22.2 Å². The van der Waals surface area contributed by atoms with Gasteiger partial charge in [-0.25, -0.2) is 4.79 Å². The molecule has 1 unspecified atom stereocenters. The van der Waals surface area contributed by atoms with Crippen LogP contribution < -0.4 is 34.3 Å².